The molecule has 3 rings (SSSR count). The molecule has 0 aliphatic rings. The fraction of sp³-hybridized carbons (Fsp3) is 0.176. The van der Waals surface area contributed by atoms with E-state index in [1.807, 2.05) is 25.3 Å². The standard InChI is InChI=1S/C17H17N3S/c1-11-4-7-14(8-5-11)16-13(3)21-17(20-16)19-15-9-6-12(2)10-18-15/h4-10H,1-3H3,(H,18,19,20). The Morgan fingerprint density at radius 2 is 1.62 bits per heavy atom. The first kappa shape index (κ1) is 13.8. The summed E-state index contributed by atoms with van der Waals surface area (Å²) in [5.41, 5.74) is 4.60. The number of rotatable bonds is 3. The highest BCUT2D eigenvalue weighted by atomic mass is 32.1. The molecule has 1 aromatic carbocycles. The number of nitrogens with zero attached hydrogens (tertiary/aromatic N) is 2. The van der Waals surface area contributed by atoms with Crippen LogP contribution in [0, 0.1) is 20.8 Å². The Morgan fingerprint density at radius 1 is 0.905 bits per heavy atom. The monoisotopic (exact) mass is 295 g/mol. The van der Waals surface area contributed by atoms with Gasteiger partial charge in [0.25, 0.3) is 0 Å². The van der Waals surface area contributed by atoms with Crippen molar-refractivity contribution < 1.29 is 0 Å². The molecular weight excluding hydrogens is 278 g/mol. The van der Waals surface area contributed by atoms with Crippen LogP contribution in [-0.2, 0) is 0 Å². The molecule has 0 aliphatic heterocycles. The Hall–Kier alpha value is -2.20. The zero-order valence-corrected chi connectivity index (χ0v) is 13.2. The normalized spacial score (nSPS) is 10.6. The largest absolute Gasteiger partial charge is 0.316 e. The number of pyridine rings is 1. The van der Waals surface area contributed by atoms with Gasteiger partial charge in [-0.1, -0.05) is 35.9 Å². The Bertz CT molecular complexity index is 743. The second-order valence-corrected chi connectivity index (χ2v) is 6.34. The molecule has 106 valence electrons. The van der Waals surface area contributed by atoms with Crippen LogP contribution in [0.5, 0.6) is 0 Å². The number of anilines is 2. The smallest absolute Gasteiger partial charge is 0.189 e. The van der Waals surface area contributed by atoms with Gasteiger partial charge in [0, 0.05) is 16.6 Å². The molecule has 2 heterocycles. The third-order valence-corrected chi connectivity index (χ3v) is 4.15. The molecule has 2 aromatic heterocycles. The second-order valence-electron chi connectivity index (χ2n) is 5.14. The van der Waals surface area contributed by atoms with Gasteiger partial charge >= 0.3 is 0 Å². The van der Waals surface area contributed by atoms with E-state index in [2.05, 4.69) is 48.4 Å². The summed E-state index contributed by atoms with van der Waals surface area (Å²) in [6.45, 7) is 6.22. The van der Waals surface area contributed by atoms with Gasteiger partial charge in [-0.05, 0) is 32.4 Å². The van der Waals surface area contributed by atoms with Crippen LogP contribution < -0.4 is 5.32 Å². The molecule has 0 atom stereocenters. The van der Waals surface area contributed by atoms with Gasteiger partial charge < -0.3 is 5.32 Å². The summed E-state index contributed by atoms with van der Waals surface area (Å²) in [4.78, 5) is 10.2. The van der Waals surface area contributed by atoms with Crippen LogP contribution >= 0.6 is 11.3 Å². The van der Waals surface area contributed by atoms with Gasteiger partial charge in [0.15, 0.2) is 5.13 Å². The molecule has 21 heavy (non-hydrogen) atoms. The first-order chi connectivity index (χ1) is 10.1. The molecule has 3 aromatic rings. The molecule has 0 bridgehead atoms. The lowest BCUT2D eigenvalue weighted by molar-refractivity contribution is 1.25. The van der Waals surface area contributed by atoms with Crippen molar-refractivity contribution in [1.82, 2.24) is 9.97 Å². The highest BCUT2D eigenvalue weighted by molar-refractivity contribution is 7.16. The van der Waals surface area contributed by atoms with E-state index >= 15 is 0 Å². The summed E-state index contributed by atoms with van der Waals surface area (Å²) in [6.07, 6.45) is 1.85. The number of hydrogen-bond acceptors (Lipinski definition) is 4. The predicted molar refractivity (Wildman–Crippen MR) is 89.3 cm³/mol. The lowest BCUT2D eigenvalue weighted by Crippen LogP contribution is -1.92. The molecule has 0 amide bonds. The van der Waals surface area contributed by atoms with Crippen LogP contribution in [0.2, 0.25) is 0 Å². The minimum atomic E-state index is 0.824. The molecule has 0 unspecified atom stereocenters. The predicted octanol–water partition coefficient (Wildman–Crippen LogP) is 4.87. The van der Waals surface area contributed by atoms with Crippen molar-refractivity contribution in [2.75, 3.05) is 5.32 Å². The SMILES string of the molecule is Cc1ccc(-c2nc(Nc3ccc(C)cn3)sc2C)cc1. The molecule has 0 aliphatic carbocycles. The first-order valence-electron chi connectivity index (χ1n) is 6.86. The number of aromatic nitrogens is 2. The Balaban J connectivity index is 1.87. The third kappa shape index (κ3) is 3.11. The van der Waals surface area contributed by atoms with Crippen molar-refractivity contribution in [3.63, 3.8) is 0 Å². The van der Waals surface area contributed by atoms with E-state index in [9.17, 15) is 0 Å². The van der Waals surface area contributed by atoms with Gasteiger partial charge in [0.1, 0.15) is 5.82 Å². The number of aryl methyl sites for hydroxylation is 3. The van der Waals surface area contributed by atoms with Crippen molar-refractivity contribution in [3.8, 4) is 11.3 Å². The molecular formula is C17H17N3S. The van der Waals surface area contributed by atoms with E-state index in [0.717, 1.165) is 27.8 Å². The molecule has 0 saturated heterocycles. The Labute approximate surface area is 128 Å². The molecule has 4 heteroatoms. The maximum absolute atomic E-state index is 4.69. The van der Waals surface area contributed by atoms with Crippen LogP contribution in [0.3, 0.4) is 0 Å². The number of nitrogens with one attached hydrogen (secondary N) is 1. The minimum Gasteiger partial charge on any atom is -0.316 e. The van der Waals surface area contributed by atoms with E-state index in [-0.39, 0.29) is 0 Å². The van der Waals surface area contributed by atoms with Crippen molar-refractivity contribution in [3.05, 3.63) is 58.6 Å². The van der Waals surface area contributed by atoms with Crippen molar-refractivity contribution in [1.29, 1.82) is 0 Å². The summed E-state index contributed by atoms with van der Waals surface area (Å²) in [7, 11) is 0. The summed E-state index contributed by atoms with van der Waals surface area (Å²) < 4.78 is 0. The van der Waals surface area contributed by atoms with E-state index in [0.29, 0.717) is 0 Å². The molecule has 3 nitrogen and oxygen atoms in total. The van der Waals surface area contributed by atoms with Crippen LogP contribution in [0.25, 0.3) is 11.3 Å². The van der Waals surface area contributed by atoms with Crippen LogP contribution in [0.4, 0.5) is 10.9 Å². The van der Waals surface area contributed by atoms with Crippen LogP contribution in [0.1, 0.15) is 16.0 Å². The van der Waals surface area contributed by atoms with E-state index in [1.54, 1.807) is 11.3 Å². The topological polar surface area (TPSA) is 37.8 Å². The fourth-order valence-corrected chi connectivity index (χ4v) is 2.92. The molecule has 0 radical (unpaired) electrons. The second kappa shape index (κ2) is 5.66. The van der Waals surface area contributed by atoms with Crippen LogP contribution in [-0.4, -0.2) is 9.97 Å². The maximum atomic E-state index is 4.69. The van der Waals surface area contributed by atoms with Crippen LogP contribution in [0.15, 0.2) is 42.6 Å². The molecule has 0 saturated carbocycles. The summed E-state index contributed by atoms with van der Waals surface area (Å²) >= 11 is 1.65. The zero-order valence-electron chi connectivity index (χ0n) is 12.3. The lowest BCUT2D eigenvalue weighted by atomic mass is 10.1. The van der Waals surface area contributed by atoms with Gasteiger partial charge in [0.2, 0.25) is 0 Å². The van der Waals surface area contributed by atoms with Gasteiger partial charge in [-0.15, -0.1) is 11.3 Å². The Kier molecular flexibility index (Phi) is 3.71. The van der Waals surface area contributed by atoms with Crippen molar-refractivity contribution >= 4 is 22.3 Å². The Morgan fingerprint density at radius 3 is 2.29 bits per heavy atom. The van der Waals surface area contributed by atoms with Gasteiger partial charge in [-0.25, -0.2) is 9.97 Å². The quantitative estimate of drug-likeness (QED) is 0.748. The van der Waals surface area contributed by atoms with Gasteiger partial charge in [0.05, 0.1) is 5.69 Å². The van der Waals surface area contributed by atoms with Crippen molar-refractivity contribution in [2.24, 2.45) is 0 Å². The average Bonchev–Trinajstić information content (AvgIpc) is 2.83. The van der Waals surface area contributed by atoms with E-state index in [4.69, 9.17) is 4.98 Å². The summed E-state index contributed by atoms with van der Waals surface area (Å²) in [6, 6.07) is 12.5. The molecule has 0 fully saturated rings. The molecule has 1 N–H and O–H groups in total. The highest BCUT2D eigenvalue weighted by Crippen LogP contribution is 2.31. The first-order valence-corrected chi connectivity index (χ1v) is 7.67. The van der Waals surface area contributed by atoms with E-state index in [1.165, 1.54) is 10.4 Å². The van der Waals surface area contributed by atoms with Crippen molar-refractivity contribution in [2.45, 2.75) is 20.8 Å². The highest BCUT2D eigenvalue weighted by Gasteiger charge is 2.10. The fourth-order valence-electron chi connectivity index (χ4n) is 2.08. The average molecular weight is 295 g/mol. The van der Waals surface area contributed by atoms with Gasteiger partial charge in [-0.3, -0.25) is 0 Å². The zero-order chi connectivity index (χ0) is 14.8. The third-order valence-electron chi connectivity index (χ3n) is 3.27. The van der Waals surface area contributed by atoms with E-state index < -0.39 is 0 Å². The molecule has 0 spiro atoms. The van der Waals surface area contributed by atoms with Gasteiger partial charge in [-0.2, -0.15) is 0 Å². The number of thiazole rings is 1. The number of hydrogen-bond donors (Lipinski definition) is 1. The number of benzene rings is 1. The summed E-state index contributed by atoms with van der Waals surface area (Å²) in [5, 5.41) is 4.14. The minimum absolute atomic E-state index is 0.824. The summed E-state index contributed by atoms with van der Waals surface area (Å²) in [5.74, 6) is 0.824. The lowest BCUT2D eigenvalue weighted by Gasteiger charge is -2.01. The maximum Gasteiger partial charge on any atom is 0.189 e.